The van der Waals surface area contributed by atoms with Crippen LogP contribution in [-0.2, 0) is 0 Å². The third-order valence-electron chi connectivity index (χ3n) is 3.97. The summed E-state index contributed by atoms with van der Waals surface area (Å²) in [4.78, 5) is 16.5. The summed E-state index contributed by atoms with van der Waals surface area (Å²) in [5.74, 6) is 1.57. The fourth-order valence-corrected chi connectivity index (χ4v) is 2.95. The minimum absolute atomic E-state index is 0.167. The van der Waals surface area contributed by atoms with Crippen molar-refractivity contribution < 1.29 is 4.39 Å². The van der Waals surface area contributed by atoms with Gasteiger partial charge in [0.1, 0.15) is 18.0 Å². The summed E-state index contributed by atoms with van der Waals surface area (Å²) in [7, 11) is 3.87. The van der Waals surface area contributed by atoms with Gasteiger partial charge in [-0.2, -0.15) is 0 Å². The lowest BCUT2D eigenvalue weighted by Gasteiger charge is -2.34. The third-order valence-corrected chi connectivity index (χ3v) is 4.18. The minimum atomic E-state index is -0.389. The van der Waals surface area contributed by atoms with Crippen molar-refractivity contribution in [2.24, 2.45) is 0 Å². The molecule has 0 amide bonds. The second kappa shape index (κ2) is 7.17. The van der Waals surface area contributed by atoms with E-state index in [4.69, 9.17) is 11.6 Å². The van der Waals surface area contributed by atoms with Crippen LogP contribution in [0.3, 0.4) is 0 Å². The van der Waals surface area contributed by atoms with Gasteiger partial charge < -0.3 is 15.1 Å². The largest absolute Gasteiger partial charge is 0.365 e. The number of nitrogens with one attached hydrogen (secondary N) is 1. The van der Waals surface area contributed by atoms with E-state index in [1.807, 2.05) is 30.0 Å². The van der Waals surface area contributed by atoms with Gasteiger partial charge in [0.05, 0.1) is 5.02 Å². The fourth-order valence-electron chi connectivity index (χ4n) is 2.81. The molecule has 0 radical (unpaired) electrons. The molecule has 24 heavy (non-hydrogen) atoms. The summed E-state index contributed by atoms with van der Waals surface area (Å²) in [6, 6.07) is 3.37. The predicted molar refractivity (Wildman–Crippen MR) is 94.4 cm³/mol. The van der Waals surface area contributed by atoms with E-state index in [2.05, 4.69) is 20.3 Å². The first-order chi connectivity index (χ1) is 11.5. The molecule has 1 N–H and O–H groups in total. The van der Waals surface area contributed by atoms with E-state index in [0.29, 0.717) is 17.4 Å². The summed E-state index contributed by atoms with van der Waals surface area (Å²) in [6.45, 7) is 1.43. The maximum absolute atomic E-state index is 14.1. The lowest BCUT2D eigenvalue weighted by molar-refractivity contribution is 0.513. The van der Waals surface area contributed by atoms with Crippen molar-refractivity contribution in [3.8, 4) is 0 Å². The van der Waals surface area contributed by atoms with E-state index in [-0.39, 0.29) is 11.9 Å². The number of halogens is 2. The first-order valence-electron chi connectivity index (χ1n) is 7.85. The molecule has 0 spiro atoms. The summed E-state index contributed by atoms with van der Waals surface area (Å²) in [5.41, 5.74) is 0. The molecule has 1 unspecified atom stereocenters. The van der Waals surface area contributed by atoms with Crippen molar-refractivity contribution >= 4 is 29.1 Å². The molecule has 0 aromatic carbocycles. The van der Waals surface area contributed by atoms with Gasteiger partial charge in [-0.3, -0.25) is 0 Å². The number of aromatic nitrogens is 3. The van der Waals surface area contributed by atoms with Crippen molar-refractivity contribution in [1.82, 2.24) is 15.0 Å². The average Bonchev–Trinajstić information content (AvgIpc) is 2.55. The maximum Gasteiger partial charge on any atom is 0.167 e. The first kappa shape index (κ1) is 16.7. The molecule has 2 aromatic heterocycles. The van der Waals surface area contributed by atoms with E-state index < -0.39 is 0 Å². The molecule has 6 nitrogen and oxygen atoms in total. The zero-order valence-corrected chi connectivity index (χ0v) is 14.5. The van der Waals surface area contributed by atoms with Crippen LogP contribution in [0.15, 0.2) is 24.7 Å². The molecule has 1 saturated heterocycles. The number of anilines is 3. The molecule has 128 valence electrons. The molecular formula is C16H20ClFN6. The van der Waals surface area contributed by atoms with Crippen LogP contribution in [0.1, 0.15) is 12.8 Å². The minimum Gasteiger partial charge on any atom is -0.365 e. The van der Waals surface area contributed by atoms with Crippen molar-refractivity contribution in [2.45, 2.75) is 18.9 Å². The quantitative estimate of drug-likeness (QED) is 0.915. The summed E-state index contributed by atoms with van der Waals surface area (Å²) in [5, 5.41) is 3.72. The van der Waals surface area contributed by atoms with Crippen molar-refractivity contribution in [1.29, 1.82) is 0 Å². The van der Waals surface area contributed by atoms with E-state index in [1.165, 1.54) is 12.3 Å². The van der Waals surface area contributed by atoms with Crippen LogP contribution < -0.4 is 15.1 Å². The van der Waals surface area contributed by atoms with Crippen LogP contribution in [0.4, 0.5) is 21.8 Å². The Morgan fingerprint density at radius 3 is 2.88 bits per heavy atom. The molecule has 0 bridgehead atoms. The standard InChI is InChI=1S/C16H20ClFN6/c1-23(2)15-7-14(20-10-21-15)22-12-4-3-5-24(9-12)16-13(18)6-11(17)8-19-16/h6-8,10,12H,3-5,9H2,1-2H3,(H,20,21,22). The van der Waals surface area contributed by atoms with Crippen LogP contribution in [0, 0.1) is 5.82 Å². The summed E-state index contributed by atoms with van der Waals surface area (Å²) < 4.78 is 14.1. The molecule has 8 heteroatoms. The molecule has 3 rings (SSSR count). The van der Waals surface area contributed by atoms with Gasteiger partial charge in [0.2, 0.25) is 0 Å². The Balaban J connectivity index is 1.70. The normalized spacial score (nSPS) is 17.7. The molecule has 0 saturated carbocycles. The third kappa shape index (κ3) is 3.84. The van der Waals surface area contributed by atoms with Crippen LogP contribution >= 0.6 is 11.6 Å². The number of piperidine rings is 1. The topological polar surface area (TPSA) is 57.2 Å². The molecule has 2 aromatic rings. The van der Waals surface area contributed by atoms with Crippen LogP contribution in [0.5, 0.6) is 0 Å². The number of pyridine rings is 1. The molecule has 1 fully saturated rings. The number of rotatable bonds is 4. The second-order valence-corrected chi connectivity index (χ2v) is 6.48. The van der Waals surface area contributed by atoms with Gasteiger partial charge >= 0.3 is 0 Å². The first-order valence-corrected chi connectivity index (χ1v) is 8.22. The number of hydrogen-bond donors (Lipinski definition) is 1. The Labute approximate surface area is 145 Å². The summed E-state index contributed by atoms with van der Waals surface area (Å²) >= 11 is 5.78. The van der Waals surface area contributed by atoms with Gasteiger partial charge in [0.25, 0.3) is 0 Å². The van der Waals surface area contributed by atoms with E-state index in [9.17, 15) is 4.39 Å². The lowest BCUT2D eigenvalue weighted by Crippen LogP contribution is -2.43. The lowest BCUT2D eigenvalue weighted by atomic mass is 10.1. The maximum atomic E-state index is 14.1. The molecule has 3 heterocycles. The van der Waals surface area contributed by atoms with Crippen molar-refractivity contribution in [2.75, 3.05) is 42.3 Å². The highest BCUT2D eigenvalue weighted by atomic mass is 35.5. The summed E-state index contributed by atoms with van der Waals surface area (Å²) in [6.07, 6.45) is 4.96. The van der Waals surface area contributed by atoms with Gasteiger partial charge in [-0.15, -0.1) is 0 Å². The number of nitrogens with zero attached hydrogens (tertiary/aromatic N) is 5. The highest BCUT2D eigenvalue weighted by Crippen LogP contribution is 2.24. The molecule has 1 atom stereocenters. The van der Waals surface area contributed by atoms with Crippen molar-refractivity contribution in [3.63, 3.8) is 0 Å². The van der Waals surface area contributed by atoms with Gasteiger partial charge in [-0.1, -0.05) is 11.6 Å². The fraction of sp³-hybridized carbons (Fsp3) is 0.438. The highest BCUT2D eigenvalue weighted by molar-refractivity contribution is 6.30. The van der Waals surface area contributed by atoms with Crippen LogP contribution in [0.25, 0.3) is 0 Å². The smallest absolute Gasteiger partial charge is 0.167 e. The van der Waals surface area contributed by atoms with Crippen LogP contribution in [-0.4, -0.2) is 48.2 Å². The van der Waals surface area contributed by atoms with E-state index in [0.717, 1.165) is 31.0 Å². The van der Waals surface area contributed by atoms with Gasteiger partial charge in [0.15, 0.2) is 11.6 Å². The molecule has 1 aliphatic rings. The molecule has 1 aliphatic heterocycles. The zero-order chi connectivity index (χ0) is 17.1. The Kier molecular flexibility index (Phi) is 4.99. The van der Waals surface area contributed by atoms with Gasteiger partial charge in [0, 0.05) is 45.5 Å². The Morgan fingerprint density at radius 2 is 2.12 bits per heavy atom. The monoisotopic (exact) mass is 350 g/mol. The highest BCUT2D eigenvalue weighted by Gasteiger charge is 2.23. The molecular weight excluding hydrogens is 331 g/mol. The predicted octanol–water partition coefficient (Wildman–Crippen LogP) is 2.81. The average molecular weight is 351 g/mol. The van der Waals surface area contributed by atoms with Gasteiger partial charge in [-0.05, 0) is 18.9 Å². The van der Waals surface area contributed by atoms with Crippen molar-refractivity contribution in [3.05, 3.63) is 35.5 Å². The Hall–Kier alpha value is -2.15. The van der Waals surface area contributed by atoms with E-state index in [1.54, 1.807) is 6.33 Å². The number of hydrogen-bond acceptors (Lipinski definition) is 6. The zero-order valence-electron chi connectivity index (χ0n) is 13.7. The van der Waals surface area contributed by atoms with Crippen LogP contribution in [0.2, 0.25) is 5.02 Å². The second-order valence-electron chi connectivity index (χ2n) is 6.04. The molecule has 0 aliphatic carbocycles. The Morgan fingerprint density at radius 1 is 1.29 bits per heavy atom. The van der Waals surface area contributed by atoms with Gasteiger partial charge in [-0.25, -0.2) is 19.3 Å². The van der Waals surface area contributed by atoms with E-state index >= 15 is 0 Å². The SMILES string of the molecule is CN(C)c1cc(NC2CCCN(c3ncc(Cl)cc3F)C2)ncn1. The Bertz CT molecular complexity index is 711.